The van der Waals surface area contributed by atoms with E-state index in [4.69, 9.17) is 5.73 Å². The maximum absolute atomic E-state index is 5.59. The van der Waals surface area contributed by atoms with Crippen LogP contribution in [0.4, 0.5) is 0 Å². The normalized spacial score (nSPS) is 11.6. The van der Waals surface area contributed by atoms with Gasteiger partial charge in [0.15, 0.2) is 0 Å². The first kappa shape index (κ1) is 11.7. The van der Waals surface area contributed by atoms with Crippen molar-refractivity contribution in [3.63, 3.8) is 0 Å². The first-order valence-electron chi connectivity index (χ1n) is 5.13. The first-order chi connectivity index (χ1) is 6.63. The van der Waals surface area contributed by atoms with E-state index in [2.05, 4.69) is 37.8 Å². The van der Waals surface area contributed by atoms with Crippen LogP contribution in [-0.2, 0) is 6.54 Å². The molecule has 0 radical (unpaired) electrons. The molecule has 1 rings (SSSR count). The summed E-state index contributed by atoms with van der Waals surface area (Å²) in [6.45, 7) is 9.34. The van der Waals surface area contributed by atoms with Crippen LogP contribution < -0.4 is 5.73 Å². The Morgan fingerprint density at radius 2 is 2.14 bits per heavy atom. The summed E-state index contributed by atoms with van der Waals surface area (Å²) in [5, 5.41) is 0. The van der Waals surface area contributed by atoms with Crippen LogP contribution >= 0.6 is 11.3 Å². The molecule has 1 heterocycles. The lowest BCUT2D eigenvalue weighted by Gasteiger charge is -2.24. The minimum atomic E-state index is 0.570. The molecule has 0 aliphatic carbocycles. The van der Waals surface area contributed by atoms with Crippen molar-refractivity contribution >= 4 is 11.3 Å². The predicted octanol–water partition coefficient (Wildman–Crippen LogP) is 2.23. The fourth-order valence-electron chi connectivity index (χ4n) is 1.46. The molecule has 0 saturated heterocycles. The summed E-state index contributed by atoms with van der Waals surface area (Å²) in [6, 6.07) is 4.97. The third kappa shape index (κ3) is 3.40. The molecule has 14 heavy (non-hydrogen) atoms. The highest BCUT2D eigenvalue weighted by molar-refractivity contribution is 7.11. The third-order valence-electron chi connectivity index (χ3n) is 2.30. The SMILES string of the molecule is Cc1ccc(CN(CCN)C(C)C)s1. The molecule has 0 aliphatic heterocycles. The van der Waals surface area contributed by atoms with Crippen LogP contribution in [0.5, 0.6) is 0 Å². The smallest absolute Gasteiger partial charge is 0.0331 e. The van der Waals surface area contributed by atoms with Gasteiger partial charge < -0.3 is 5.73 Å². The number of hydrogen-bond acceptors (Lipinski definition) is 3. The molecule has 2 nitrogen and oxygen atoms in total. The van der Waals surface area contributed by atoms with Crippen molar-refractivity contribution in [1.29, 1.82) is 0 Å². The number of rotatable bonds is 5. The first-order valence-corrected chi connectivity index (χ1v) is 5.94. The van der Waals surface area contributed by atoms with Gasteiger partial charge in [-0.2, -0.15) is 0 Å². The lowest BCUT2D eigenvalue weighted by molar-refractivity contribution is 0.221. The second-order valence-corrected chi connectivity index (χ2v) is 5.24. The Kier molecular flexibility index (Phi) is 4.58. The minimum Gasteiger partial charge on any atom is -0.329 e. The number of nitrogens with zero attached hydrogens (tertiary/aromatic N) is 1. The van der Waals surface area contributed by atoms with Gasteiger partial charge in [-0.25, -0.2) is 0 Å². The zero-order valence-electron chi connectivity index (χ0n) is 9.29. The Morgan fingerprint density at radius 1 is 1.43 bits per heavy atom. The highest BCUT2D eigenvalue weighted by atomic mass is 32.1. The maximum atomic E-state index is 5.59. The fourth-order valence-corrected chi connectivity index (χ4v) is 2.37. The van der Waals surface area contributed by atoms with Gasteiger partial charge in [-0.1, -0.05) is 0 Å². The van der Waals surface area contributed by atoms with Crippen molar-refractivity contribution in [1.82, 2.24) is 4.90 Å². The summed E-state index contributed by atoms with van der Waals surface area (Å²) in [5.41, 5.74) is 5.59. The second-order valence-electron chi connectivity index (χ2n) is 3.87. The second kappa shape index (κ2) is 5.49. The van der Waals surface area contributed by atoms with Gasteiger partial charge in [0.2, 0.25) is 0 Å². The highest BCUT2D eigenvalue weighted by Gasteiger charge is 2.09. The summed E-state index contributed by atoms with van der Waals surface area (Å²) in [6.07, 6.45) is 0. The minimum absolute atomic E-state index is 0.570. The largest absolute Gasteiger partial charge is 0.329 e. The van der Waals surface area contributed by atoms with E-state index in [1.165, 1.54) is 9.75 Å². The Labute approximate surface area is 90.7 Å². The molecule has 1 aromatic heterocycles. The quantitative estimate of drug-likeness (QED) is 0.811. The maximum Gasteiger partial charge on any atom is 0.0331 e. The molecule has 80 valence electrons. The lowest BCUT2D eigenvalue weighted by Crippen LogP contribution is -2.34. The summed E-state index contributed by atoms with van der Waals surface area (Å²) in [4.78, 5) is 5.23. The van der Waals surface area contributed by atoms with E-state index in [9.17, 15) is 0 Å². The number of nitrogens with two attached hydrogens (primary N) is 1. The number of thiophene rings is 1. The monoisotopic (exact) mass is 212 g/mol. The van der Waals surface area contributed by atoms with Gasteiger partial charge in [-0.3, -0.25) is 4.90 Å². The van der Waals surface area contributed by atoms with E-state index in [1.54, 1.807) is 0 Å². The molecule has 1 aromatic rings. The van der Waals surface area contributed by atoms with Gasteiger partial charge in [0.05, 0.1) is 0 Å². The predicted molar refractivity (Wildman–Crippen MR) is 63.7 cm³/mol. The zero-order chi connectivity index (χ0) is 10.6. The molecule has 2 N–H and O–H groups in total. The Bertz CT molecular complexity index is 268. The molecule has 0 bridgehead atoms. The van der Waals surface area contributed by atoms with Crippen molar-refractivity contribution in [2.45, 2.75) is 33.4 Å². The number of hydrogen-bond donors (Lipinski definition) is 1. The Balaban J connectivity index is 2.55. The molecular formula is C11H20N2S. The molecule has 0 amide bonds. The average molecular weight is 212 g/mol. The van der Waals surface area contributed by atoms with E-state index in [0.29, 0.717) is 6.04 Å². The van der Waals surface area contributed by atoms with Gasteiger partial charge in [0, 0.05) is 35.4 Å². The van der Waals surface area contributed by atoms with Gasteiger partial charge in [-0.05, 0) is 32.9 Å². The van der Waals surface area contributed by atoms with Crippen molar-refractivity contribution in [2.24, 2.45) is 5.73 Å². The topological polar surface area (TPSA) is 29.3 Å². The van der Waals surface area contributed by atoms with Gasteiger partial charge in [0.25, 0.3) is 0 Å². The van der Waals surface area contributed by atoms with Gasteiger partial charge in [-0.15, -0.1) is 11.3 Å². The highest BCUT2D eigenvalue weighted by Crippen LogP contribution is 2.17. The molecule has 0 aromatic carbocycles. The summed E-state index contributed by atoms with van der Waals surface area (Å²) in [5.74, 6) is 0. The van der Waals surface area contributed by atoms with Crippen LogP contribution in [0.2, 0.25) is 0 Å². The molecule has 0 fully saturated rings. The van der Waals surface area contributed by atoms with Crippen molar-refractivity contribution in [3.8, 4) is 0 Å². The Hall–Kier alpha value is -0.380. The van der Waals surface area contributed by atoms with Crippen LogP contribution in [0.1, 0.15) is 23.6 Å². The molecule has 0 atom stereocenters. The van der Waals surface area contributed by atoms with E-state index >= 15 is 0 Å². The standard InChI is InChI=1S/C11H20N2S/c1-9(2)13(7-6-12)8-11-5-4-10(3)14-11/h4-5,9H,6-8,12H2,1-3H3. The molecule has 0 unspecified atom stereocenters. The van der Waals surface area contributed by atoms with Gasteiger partial charge >= 0.3 is 0 Å². The summed E-state index contributed by atoms with van der Waals surface area (Å²) in [7, 11) is 0. The third-order valence-corrected chi connectivity index (χ3v) is 3.29. The van der Waals surface area contributed by atoms with Crippen molar-refractivity contribution in [3.05, 3.63) is 21.9 Å². The van der Waals surface area contributed by atoms with Gasteiger partial charge in [0.1, 0.15) is 0 Å². The summed E-state index contributed by atoms with van der Waals surface area (Å²) >= 11 is 1.88. The lowest BCUT2D eigenvalue weighted by atomic mass is 10.3. The molecule has 0 saturated carbocycles. The number of aryl methyl sites for hydroxylation is 1. The van der Waals surface area contributed by atoms with Crippen LogP contribution in [0.15, 0.2) is 12.1 Å². The Morgan fingerprint density at radius 3 is 2.57 bits per heavy atom. The van der Waals surface area contributed by atoms with E-state index in [1.807, 2.05) is 11.3 Å². The fraction of sp³-hybridized carbons (Fsp3) is 0.636. The molecular weight excluding hydrogens is 192 g/mol. The van der Waals surface area contributed by atoms with E-state index < -0.39 is 0 Å². The average Bonchev–Trinajstić information content (AvgIpc) is 2.50. The van der Waals surface area contributed by atoms with Crippen LogP contribution in [-0.4, -0.2) is 24.0 Å². The molecule has 0 spiro atoms. The van der Waals surface area contributed by atoms with Crippen molar-refractivity contribution in [2.75, 3.05) is 13.1 Å². The summed E-state index contributed by atoms with van der Waals surface area (Å²) < 4.78 is 0. The van der Waals surface area contributed by atoms with Crippen LogP contribution in [0.25, 0.3) is 0 Å². The molecule has 3 heteroatoms. The molecule has 0 aliphatic rings. The van der Waals surface area contributed by atoms with E-state index in [-0.39, 0.29) is 0 Å². The van der Waals surface area contributed by atoms with Crippen LogP contribution in [0, 0.1) is 6.92 Å². The zero-order valence-corrected chi connectivity index (χ0v) is 10.1. The van der Waals surface area contributed by atoms with Crippen molar-refractivity contribution < 1.29 is 0 Å². The van der Waals surface area contributed by atoms with E-state index in [0.717, 1.165) is 19.6 Å². The van der Waals surface area contributed by atoms with Crippen LogP contribution in [0.3, 0.4) is 0 Å².